The fourth-order valence-electron chi connectivity index (χ4n) is 0.592. The van der Waals surface area contributed by atoms with Gasteiger partial charge in [0.05, 0.1) is 4.90 Å². The molecule has 0 aromatic heterocycles. The molecule has 64 valence electrons. The quantitative estimate of drug-likeness (QED) is 0.413. The Hall–Kier alpha value is 0.0900. The van der Waals surface area contributed by atoms with E-state index in [1.165, 1.54) is 12.1 Å². The van der Waals surface area contributed by atoms with E-state index >= 15 is 0 Å². The van der Waals surface area contributed by atoms with E-state index in [-0.39, 0.29) is 42.0 Å². The molecule has 4 N–H and O–H groups in total. The number of benzene rings is 1. The first-order valence-corrected chi connectivity index (χ1v) is 4.07. The molecule has 4 nitrogen and oxygen atoms in total. The van der Waals surface area contributed by atoms with Crippen LogP contribution in [0.5, 0.6) is 0 Å². The minimum Gasteiger partial charge on any atom is -1.00 e. The maximum absolute atomic E-state index is 10.4. The van der Waals surface area contributed by atoms with Gasteiger partial charge in [-0.25, -0.2) is 0 Å². The molecule has 0 aliphatic carbocycles. The van der Waals surface area contributed by atoms with Crippen LogP contribution < -0.4 is 35.7 Å². The predicted octanol–water partition coefficient (Wildman–Crippen LogP) is -1.79. The van der Waals surface area contributed by atoms with Crippen LogP contribution in [0.4, 0.5) is 0 Å². The molecule has 0 bridgehead atoms. The van der Waals surface area contributed by atoms with Crippen molar-refractivity contribution in [1.82, 2.24) is 6.15 Å². The molecule has 0 atom stereocenters. The SMILES string of the molecule is N.O=S(=O)(O)c1ccccc1.[H-].[Na+]. The molecular formula is C6H10NNaO3S. The van der Waals surface area contributed by atoms with Crippen molar-refractivity contribution < 1.29 is 44.0 Å². The summed E-state index contributed by atoms with van der Waals surface area (Å²) in [6.07, 6.45) is 0. The Morgan fingerprint density at radius 2 is 1.58 bits per heavy atom. The van der Waals surface area contributed by atoms with E-state index in [0.717, 1.165) is 0 Å². The maximum atomic E-state index is 10.4. The van der Waals surface area contributed by atoms with Crippen LogP contribution in [0.1, 0.15) is 1.43 Å². The molecule has 1 aromatic rings. The molecule has 12 heavy (non-hydrogen) atoms. The average Bonchev–Trinajstić information content (AvgIpc) is 1.88. The van der Waals surface area contributed by atoms with Gasteiger partial charge in [0.1, 0.15) is 0 Å². The first kappa shape index (κ1) is 14.6. The second kappa shape index (κ2) is 5.69. The Kier molecular flexibility index (Phi) is 6.92. The normalized spacial score (nSPS) is 9.42. The first-order valence-electron chi connectivity index (χ1n) is 2.63. The van der Waals surface area contributed by atoms with Crippen LogP contribution in [0.3, 0.4) is 0 Å². The Morgan fingerprint density at radius 3 is 1.83 bits per heavy atom. The molecule has 0 aliphatic heterocycles. The van der Waals surface area contributed by atoms with Crippen LogP contribution in [0.15, 0.2) is 35.2 Å². The van der Waals surface area contributed by atoms with E-state index in [0.29, 0.717) is 0 Å². The summed E-state index contributed by atoms with van der Waals surface area (Å²) < 4.78 is 29.2. The summed E-state index contributed by atoms with van der Waals surface area (Å²) >= 11 is 0. The van der Waals surface area contributed by atoms with Crippen molar-refractivity contribution in [2.75, 3.05) is 0 Å². The molecule has 0 saturated carbocycles. The predicted molar refractivity (Wildman–Crippen MR) is 42.4 cm³/mol. The van der Waals surface area contributed by atoms with E-state index in [2.05, 4.69) is 0 Å². The smallest absolute Gasteiger partial charge is 1.00 e. The van der Waals surface area contributed by atoms with E-state index < -0.39 is 10.1 Å². The van der Waals surface area contributed by atoms with Crippen molar-refractivity contribution in [3.63, 3.8) is 0 Å². The minimum absolute atomic E-state index is 0. The van der Waals surface area contributed by atoms with Crippen molar-refractivity contribution in [2.24, 2.45) is 0 Å². The van der Waals surface area contributed by atoms with Gasteiger partial charge >= 0.3 is 29.6 Å². The van der Waals surface area contributed by atoms with Crippen molar-refractivity contribution in [3.05, 3.63) is 30.3 Å². The van der Waals surface area contributed by atoms with Crippen LogP contribution in [0, 0.1) is 0 Å². The molecule has 0 unspecified atom stereocenters. The molecule has 1 rings (SSSR count). The molecule has 0 radical (unpaired) electrons. The number of hydrogen-bond donors (Lipinski definition) is 2. The molecule has 0 spiro atoms. The monoisotopic (exact) mass is 199 g/mol. The van der Waals surface area contributed by atoms with Gasteiger partial charge in [-0.3, -0.25) is 4.55 Å². The molecule has 0 amide bonds. The fraction of sp³-hybridized carbons (Fsp3) is 0. The summed E-state index contributed by atoms with van der Waals surface area (Å²) in [7, 11) is -4.00. The van der Waals surface area contributed by atoms with Crippen LogP contribution in [0.2, 0.25) is 0 Å². The summed E-state index contributed by atoms with van der Waals surface area (Å²) in [5.74, 6) is 0. The van der Waals surface area contributed by atoms with Gasteiger partial charge in [0, 0.05) is 0 Å². The largest absolute Gasteiger partial charge is 1.00 e. The molecular weight excluding hydrogens is 189 g/mol. The summed E-state index contributed by atoms with van der Waals surface area (Å²) in [6.45, 7) is 0. The van der Waals surface area contributed by atoms with Gasteiger partial charge in [-0.05, 0) is 12.1 Å². The van der Waals surface area contributed by atoms with E-state index in [1.54, 1.807) is 18.2 Å². The third kappa shape index (κ3) is 4.20. The maximum Gasteiger partial charge on any atom is 1.00 e. The van der Waals surface area contributed by atoms with E-state index in [1.807, 2.05) is 0 Å². The Balaban J connectivity index is -0.000000333. The van der Waals surface area contributed by atoms with Crippen LogP contribution >= 0.6 is 0 Å². The summed E-state index contributed by atoms with van der Waals surface area (Å²) in [5.41, 5.74) is 0. The Labute approximate surface area is 95.1 Å². The third-order valence-corrected chi connectivity index (χ3v) is 1.91. The van der Waals surface area contributed by atoms with E-state index in [9.17, 15) is 8.42 Å². The molecule has 0 heterocycles. The van der Waals surface area contributed by atoms with Crippen LogP contribution in [0.25, 0.3) is 0 Å². The fourth-order valence-corrected chi connectivity index (χ4v) is 1.09. The summed E-state index contributed by atoms with van der Waals surface area (Å²) in [5, 5.41) is 0. The van der Waals surface area contributed by atoms with Gasteiger partial charge in [-0.2, -0.15) is 8.42 Å². The second-order valence-electron chi connectivity index (χ2n) is 1.79. The van der Waals surface area contributed by atoms with Crippen molar-refractivity contribution in [3.8, 4) is 0 Å². The van der Waals surface area contributed by atoms with Gasteiger partial charge < -0.3 is 7.58 Å². The second-order valence-corrected chi connectivity index (χ2v) is 3.21. The van der Waals surface area contributed by atoms with Crippen molar-refractivity contribution >= 4 is 10.1 Å². The van der Waals surface area contributed by atoms with Crippen LogP contribution in [-0.4, -0.2) is 13.0 Å². The zero-order chi connectivity index (χ0) is 7.61. The van der Waals surface area contributed by atoms with Gasteiger partial charge in [0.25, 0.3) is 10.1 Å². The minimum atomic E-state index is -4.00. The summed E-state index contributed by atoms with van der Waals surface area (Å²) in [6, 6.07) is 7.42. The summed E-state index contributed by atoms with van der Waals surface area (Å²) in [4.78, 5) is -0.0741. The van der Waals surface area contributed by atoms with Crippen LogP contribution in [-0.2, 0) is 10.1 Å². The zero-order valence-corrected chi connectivity index (χ0v) is 9.58. The van der Waals surface area contributed by atoms with Gasteiger partial charge in [-0.15, -0.1) is 0 Å². The Bertz CT molecular complexity index is 316. The van der Waals surface area contributed by atoms with Gasteiger partial charge in [0.15, 0.2) is 0 Å². The molecule has 6 heteroatoms. The van der Waals surface area contributed by atoms with Gasteiger partial charge in [-0.1, -0.05) is 18.2 Å². The van der Waals surface area contributed by atoms with Crippen molar-refractivity contribution in [1.29, 1.82) is 0 Å². The van der Waals surface area contributed by atoms with E-state index in [4.69, 9.17) is 4.55 Å². The third-order valence-electron chi connectivity index (χ3n) is 1.04. The topological polar surface area (TPSA) is 89.4 Å². The number of rotatable bonds is 1. The number of hydrogen-bond acceptors (Lipinski definition) is 3. The zero-order valence-electron chi connectivity index (χ0n) is 7.77. The molecule has 1 aromatic carbocycles. The average molecular weight is 199 g/mol. The Morgan fingerprint density at radius 1 is 1.17 bits per heavy atom. The molecule has 0 fully saturated rings. The standard InChI is InChI=1S/C6H6O3S.H3N.Na.H/c7-10(8,9)6-4-2-1-3-5-6;;;/h1-5H,(H,7,8,9);1H3;;/q;;+1;-1. The molecule has 0 aliphatic rings. The van der Waals surface area contributed by atoms with Crippen molar-refractivity contribution in [2.45, 2.75) is 4.90 Å². The first-order chi connectivity index (χ1) is 4.61. The molecule has 0 saturated heterocycles. The van der Waals surface area contributed by atoms with Gasteiger partial charge in [0.2, 0.25) is 0 Å².